The first-order valence-electron chi connectivity index (χ1n) is 6.87. The smallest absolute Gasteiger partial charge is 0.147 e. The van der Waals surface area contributed by atoms with Gasteiger partial charge in [-0.2, -0.15) is 0 Å². The topological polar surface area (TPSA) is 37.2 Å². The average Bonchev–Trinajstić information content (AvgIpc) is 2.72. The minimum absolute atomic E-state index is 0.588. The highest BCUT2D eigenvalue weighted by Crippen LogP contribution is 2.26. The minimum atomic E-state index is 0.588. The third kappa shape index (κ3) is 2.90. The van der Waals surface area contributed by atoms with E-state index in [0.717, 1.165) is 18.9 Å². The predicted molar refractivity (Wildman–Crippen MR) is 72.6 cm³/mol. The van der Waals surface area contributed by atoms with Gasteiger partial charge in [0.15, 0.2) is 0 Å². The normalized spacial score (nSPS) is 18.7. The fourth-order valence-corrected chi connectivity index (χ4v) is 2.66. The lowest BCUT2D eigenvalue weighted by atomic mass is 9.96. The fraction of sp³-hybridized carbons (Fsp3) is 0.846. The number of aromatic nitrogens is 3. The highest BCUT2D eigenvalue weighted by molar-refractivity contribution is 5.04. The molecule has 5 heteroatoms. The molecule has 0 radical (unpaired) electrons. The monoisotopic (exact) mass is 251 g/mol. The number of hydrogen-bond donors (Lipinski definition) is 0. The van der Waals surface area contributed by atoms with Crippen LogP contribution in [-0.4, -0.2) is 58.8 Å². The number of nitrogens with zero attached hydrogens (tertiary/aromatic N) is 5. The Hall–Kier alpha value is -0.940. The van der Waals surface area contributed by atoms with E-state index in [0.29, 0.717) is 5.92 Å². The molecule has 102 valence electrons. The van der Waals surface area contributed by atoms with Gasteiger partial charge in [0.25, 0.3) is 0 Å². The van der Waals surface area contributed by atoms with Crippen molar-refractivity contribution in [3.8, 4) is 0 Å². The Balaban J connectivity index is 2.15. The molecule has 0 bridgehead atoms. The van der Waals surface area contributed by atoms with Gasteiger partial charge in [0, 0.05) is 12.5 Å². The molecule has 1 aromatic rings. The van der Waals surface area contributed by atoms with E-state index in [1.165, 1.54) is 31.8 Å². The van der Waals surface area contributed by atoms with Crippen LogP contribution in [-0.2, 0) is 13.1 Å². The van der Waals surface area contributed by atoms with Gasteiger partial charge in [0.2, 0.25) is 0 Å². The molecule has 5 nitrogen and oxygen atoms in total. The Morgan fingerprint density at radius 3 is 2.44 bits per heavy atom. The molecule has 0 aliphatic carbocycles. The van der Waals surface area contributed by atoms with Crippen molar-refractivity contribution in [3.63, 3.8) is 0 Å². The van der Waals surface area contributed by atoms with Gasteiger partial charge in [-0.05, 0) is 54.0 Å². The number of likely N-dealkylation sites (tertiary alicyclic amines) is 1. The van der Waals surface area contributed by atoms with Crippen molar-refractivity contribution >= 4 is 0 Å². The van der Waals surface area contributed by atoms with Crippen molar-refractivity contribution in [2.75, 3.05) is 34.2 Å². The van der Waals surface area contributed by atoms with E-state index in [4.69, 9.17) is 0 Å². The van der Waals surface area contributed by atoms with Crippen LogP contribution in [0.3, 0.4) is 0 Å². The maximum absolute atomic E-state index is 4.46. The maximum atomic E-state index is 4.46. The zero-order chi connectivity index (χ0) is 13.1. The lowest BCUT2D eigenvalue weighted by Crippen LogP contribution is -2.30. The fourth-order valence-electron chi connectivity index (χ4n) is 2.66. The maximum Gasteiger partial charge on any atom is 0.147 e. The zero-order valence-electron chi connectivity index (χ0n) is 12.1. The molecule has 1 saturated heterocycles. The van der Waals surface area contributed by atoms with E-state index in [9.17, 15) is 0 Å². The van der Waals surface area contributed by atoms with Gasteiger partial charge in [0.05, 0.1) is 6.54 Å². The minimum Gasteiger partial charge on any atom is -0.314 e. The molecule has 1 fully saturated rings. The van der Waals surface area contributed by atoms with Crippen molar-refractivity contribution in [1.82, 2.24) is 24.6 Å². The summed E-state index contributed by atoms with van der Waals surface area (Å²) in [4.78, 5) is 4.54. The first-order chi connectivity index (χ1) is 8.61. The number of piperidine rings is 1. The van der Waals surface area contributed by atoms with Crippen LogP contribution >= 0.6 is 0 Å². The zero-order valence-corrected chi connectivity index (χ0v) is 12.1. The molecule has 0 aromatic carbocycles. The van der Waals surface area contributed by atoms with Gasteiger partial charge in [-0.3, -0.25) is 0 Å². The first-order valence-corrected chi connectivity index (χ1v) is 6.87. The molecule has 0 saturated carbocycles. The molecule has 18 heavy (non-hydrogen) atoms. The predicted octanol–water partition coefficient (Wildman–Crippen LogP) is 1.17. The van der Waals surface area contributed by atoms with Crippen LogP contribution in [0, 0.1) is 0 Å². The summed E-state index contributed by atoms with van der Waals surface area (Å²) < 4.78 is 2.30. The van der Waals surface area contributed by atoms with Gasteiger partial charge < -0.3 is 14.4 Å². The van der Waals surface area contributed by atoms with Gasteiger partial charge in [-0.1, -0.05) is 0 Å². The molecule has 0 spiro atoms. The first kappa shape index (κ1) is 13.5. The summed E-state index contributed by atoms with van der Waals surface area (Å²) in [5.41, 5.74) is 0. The Morgan fingerprint density at radius 1 is 1.22 bits per heavy atom. The summed E-state index contributed by atoms with van der Waals surface area (Å²) in [6, 6.07) is 0. The lowest BCUT2D eigenvalue weighted by Gasteiger charge is -2.28. The van der Waals surface area contributed by atoms with E-state index in [2.05, 4.69) is 52.6 Å². The second kappa shape index (κ2) is 5.80. The quantitative estimate of drug-likeness (QED) is 0.805. The summed E-state index contributed by atoms with van der Waals surface area (Å²) in [6.45, 7) is 6.36. The highest BCUT2D eigenvalue weighted by atomic mass is 15.3. The molecule has 0 amide bonds. The number of hydrogen-bond acceptors (Lipinski definition) is 4. The van der Waals surface area contributed by atoms with E-state index < -0.39 is 0 Å². The SMILES string of the molecule is CCn1c(CN(C)C)nnc1C1CCN(C)CC1. The van der Waals surface area contributed by atoms with Crippen molar-refractivity contribution in [1.29, 1.82) is 0 Å². The molecule has 1 aliphatic rings. The van der Waals surface area contributed by atoms with Crippen molar-refractivity contribution in [2.24, 2.45) is 0 Å². The third-order valence-electron chi connectivity index (χ3n) is 3.71. The second-order valence-corrected chi connectivity index (χ2v) is 5.53. The van der Waals surface area contributed by atoms with Crippen LogP contribution in [0.1, 0.15) is 37.3 Å². The van der Waals surface area contributed by atoms with Crippen LogP contribution in [0.2, 0.25) is 0 Å². The molecule has 2 heterocycles. The highest BCUT2D eigenvalue weighted by Gasteiger charge is 2.24. The van der Waals surface area contributed by atoms with Crippen LogP contribution in [0.15, 0.2) is 0 Å². The molecular weight excluding hydrogens is 226 g/mol. The molecule has 0 atom stereocenters. The van der Waals surface area contributed by atoms with E-state index in [-0.39, 0.29) is 0 Å². The largest absolute Gasteiger partial charge is 0.314 e. The molecule has 1 aromatic heterocycles. The third-order valence-corrected chi connectivity index (χ3v) is 3.71. The Labute approximate surface area is 110 Å². The van der Waals surface area contributed by atoms with E-state index in [1.807, 2.05) is 0 Å². The van der Waals surface area contributed by atoms with E-state index >= 15 is 0 Å². The molecule has 0 N–H and O–H groups in total. The summed E-state index contributed by atoms with van der Waals surface area (Å²) in [6.07, 6.45) is 2.41. The van der Waals surface area contributed by atoms with Crippen molar-refractivity contribution in [2.45, 2.75) is 38.8 Å². The summed E-state index contributed by atoms with van der Waals surface area (Å²) in [7, 11) is 6.34. The van der Waals surface area contributed by atoms with Crippen molar-refractivity contribution < 1.29 is 0 Å². The lowest BCUT2D eigenvalue weighted by molar-refractivity contribution is 0.248. The molecule has 2 rings (SSSR count). The van der Waals surface area contributed by atoms with E-state index in [1.54, 1.807) is 0 Å². The van der Waals surface area contributed by atoms with Gasteiger partial charge in [-0.25, -0.2) is 0 Å². The second-order valence-electron chi connectivity index (χ2n) is 5.53. The van der Waals surface area contributed by atoms with Crippen LogP contribution < -0.4 is 0 Å². The molecule has 1 aliphatic heterocycles. The molecule has 0 unspecified atom stereocenters. The van der Waals surface area contributed by atoms with Crippen LogP contribution in [0.5, 0.6) is 0 Å². The van der Waals surface area contributed by atoms with Gasteiger partial charge in [-0.15, -0.1) is 10.2 Å². The summed E-state index contributed by atoms with van der Waals surface area (Å²) in [5.74, 6) is 2.88. The summed E-state index contributed by atoms with van der Waals surface area (Å²) >= 11 is 0. The Bertz CT molecular complexity index is 377. The average molecular weight is 251 g/mol. The van der Waals surface area contributed by atoms with Gasteiger partial charge >= 0.3 is 0 Å². The Kier molecular flexibility index (Phi) is 4.35. The summed E-state index contributed by atoms with van der Waals surface area (Å²) in [5, 5.41) is 8.84. The standard InChI is InChI=1S/C13H25N5/c1-5-18-12(10-16(2)3)14-15-13(18)11-6-8-17(4)9-7-11/h11H,5-10H2,1-4H3. The molecular formula is C13H25N5. The van der Waals surface area contributed by atoms with Crippen molar-refractivity contribution in [3.05, 3.63) is 11.6 Å². The van der Waals surface area contributed by atoms with Gasteiger partial charge in [0.1, 0.15) is 11.6 Å². The Morgan fingerprint density at radius 2 is 1.89 bits per heavy atom. The number of rotatable bonds is 4. The van der Waals surface area contributed by atoms with Crippen LogP contribution in [0.25, 0.3) is 0 Å². The van der Waals surface area contributed by atoms with Crippen LogP contribution in [0.4, 0.5) is 0 Å².